The molecule has 5 nitrogen and oxygen atoms in total. The molecule has 0 radical (unpaired) electrons. The highest BCUT2D eigenvalue weighted by atomic mass is 16.7. The molecule has 0 spiro atoms. The molecule has 0 bridgehead atoms. The van der Waals surface area contributed by atoms with Crippen molar-refractivity contribution in [3.63, 3.8) is 0 Å². The van der Waals surface area contributed by atoms with Gasteiger partial charge in [0.2, 0.25) is 0 Å². The van der Waals surface area contributed by atoms with E-state index < -0.39 is 12.1 Å². The lowest BCUT2D eigenvalue weighted by Crippen LogP contribution is -2.44. The number of unbranched alkanes of at least 4 members (excludes halogenated alkanes) is 13. The van der Waals surface area contributed by atoms with E-state index in [1.54, 1.807) is 5.06 Å². The summed E-state index contributed by atoms with van der Waals surface area (Å²) < 4.78 is 5.39. The van der Waals surface area contributed by atoms with E-state index in [1.807, 2.05) is 13.8 Å². The van der Waals surface area contributed by atoms with Crippen molar-refractivity contribution in [2.45, 2.75) is 129 Å². The van der Waals surface area contributed by atoms with Crippen molar-refractivity contribution in [1.29, 1.82) is 0 Å². The van der Waals surface area contributed by atoms with E-state index in [-0.39, 0.29) is 5.54 Å². The fourth-order valence-corrected chi connectivity index (χ4v) is 3.70. The lowest BCUT2D eigenvalue weighted by molar-refractivity contribution is -0.240. The molecule has 0 aromatic rings. The lowest BCUT2D eigenvalue weighted by atomic mass is 10.0. The molecule has 0 aromatic carbocycles. The first-order valence-electron chi connectivity index (χ1n) is 11.7. The quantitative estimate of drug-likeness (QED) is 0.274. The molecule has 1 rings (SSSR count). The van der Waals surface area contributed by atoms with Gasteiger partial charge in [0.05, 0.1) is 12.1 Å². The Hall–Kier alpha value is -0.650. The smallest absolute Gasteiger partial charge is 0.334 e. The van der Waals surface area contributed by atoms with Gasteiger partial charge in [0.1, 0.15) is 6.73 Å². The zero-order valence-electron chi connectivity index (χ0n) is 18.7. The van der Waals surface area contributed by atoms with Gasteiger partial charge in [-0.15, -0.1) is 0 Å². The van der Waals surface area contributed by atoms with Crippen molar-refractivity contribution in [1.82, 2.24) is 5.06 Å². The van der Waals surface area contributed by atoms with Crippen LogP contribution in [-0.4, -0.2) is 41.1 Å². The second-order valence-corrected chi connectivity index (χ2v) is 8.99. The number of hydroxylamine groups is 2. The molecule has 1 unspecified atom stereocenters. The SMILES string of the molecule is CCCCCCCCCCCCCCCCC(ON1COCC1(C)C)C(=O)O. The monoisotopic (exact) mass is 399 g/mol. The van der Waals surface area contributed by atoms with Crippen molar-refractivity contribution in [2.75, 3.05) is 13.3 Å². The second kappa shape index (κ2) is 15.2. The second-order valence-electron chi connectivity index (χ2n) is 8.99. The van der Waals surface area contributed by atoms with E-state index >= 15 is 0 Å². The van der Waals surface area contributed by atoms with Crippen molar-refractivity contribution in [3.05, 3.63) is 0 Å². The van der Waals surface area contributed by atoms with E-state index in [2.05, 4.69) is 6.92 Å². The highest BCUT2D eigenvalue weighted by molar-refractivity contribution is 5.72. The normalized spacial score (nSPS) is 17.8. The summed E-state index contributed by atoms with van der Waals surface area (Å²) in [6.07, 6.45) is 18.0. The summed E-state index contributed by atoms with van der Waals surface area (Å²) in [5.41, 5.74) is -0.261. The molecule has 1 heterocycles. The Balaban J connectivity index is 1.95. The molecule has 0 amide bonds. The number of hydrogen-bond donors (Lipinski definition) is 1. The molecule has 1 N–H and O–H groups in total. The molecular formula is C23H45NO4. The van der Waals surface area contributed by atoms with Gasteiger partial charge in [-0.25, -0.2) is 4.79 Å². The number of carboxylic acids is 1. The maximum atomic E-state index is 11.5. The van der Waals surface area contributed by atoms with Crippen molar-refractivity contribution >= 4 is 5.97 Å². The van der Waals surface area contributed by atoms with Crippen LogP contribution in [-0.2, 0) is 14.4 Å². The van der Waals surface area contributed by atoms with Crippen LogP contribution in [0.25, 0.3) is 0 Å². The van der Waals surface area contributed by atoms with Gasteiger partial charge in [0.25, 0.3) is 0 Å². The third kappa shape index (κ3) is 11.4. The van der Waals surface area contributed by atoms with Crippen LogP contribution in [0.1, 0.15) is 117 Å². The minimum absolute atomic E-state index is 0.261. The van der Waals surface area contributed by atoms with Crippen molar-refractivity contribution in [2.24, 2.45) is 0 Å². The van der Waals surface area contributed by atoms with Gasteiger partial charge >= 0.3 is 5.97 Å². The van der Waals surface area contributed by atoms with Gasteiger partial charge in [-0.1, -0.05) is 96.8 Å². The number of rotatable bonds is 18. The Bertz CT molecular complexity index is 400. The van der Waals surface area contributed by atoms with Crippen LogP contribution in [0.15, 0.2) is 0 Å². The highest BCUT2D eigenvalue weighted by Crippen LogP contribution is 2.24. The molecule has 1 fully saturated rings. The molecule has 0 aromatic heterocycles. The van der Waals surface area contributed by atoms with Gasteiger partial charge in [-0.3, -0.25) is 4.84 Å². The topological polar surface area (TPSA) is 59.0 Å². The van der Waals surface area contributed by atoms with Crippen LogP contribution in [0.3, 0.4) is 0 Å². The van der Waals surface area contributed by atoms with Gasteiger partial charge in [-0.05, 0) is 20.3 Å². The lowest BCUT2D eigenvalue weighted by Gasteiger charge is -2.30. The van der Waals surface area contributed by atoms with Gasteiger partial charge in [-0.2, -0.15) is 5.06 Å². The molecule has 1 aliphatic rings. The third-order valence-electron chi connectivity index (χ3n) is 5.69. The van der Waals surface area contributed by atoms with Crippen LogP contribution in [0.2, 0.25) is 0 Å². The summed E-state index contributed by atoms with van der Waals surface area (Å²) in [5.74, 6) is -0.877. The van der Waals surface area contributed by atoms with Gasteiger partial charge in [0.15, 0.2) is 6.10 Å². The number of hydrogen-bond acceptors (Lipinski definition) is 4. The summed E-state index contributed by atoms with van der Waals surface area (Å²) in [6, 6.07) is 0. The molecule has 1 aliphatic heterocycles. The van der Waals surface area contributed by atoms with Crippen LogP contribution < -0.4 is 0 Å². The molecular weight excluding hydrogens is 354 g/mol. The zero-order valence-corrected chi connectivity index (χ0v) is 18.7. The van der Waals surface area contributed by atoms with E-state index in [1.165, 1.54) is 77.0 Å². The van der Waals surface area contributed by atoms with Gasteiger partial charge in [0, 0.05) is 0 Å². The summed E-state index contributed by atoms with van der Waals surface area (Å²) in [6.45, 7) is 7.19. The number of nitrogens with zero attached hydrogens (tertiary/aromatic N) is 1. The third-order valence-corrected chi connectivity index (χ3v) is 5.69. The highest BCUT2D eigenvalue weighted by Gasteiger charge is 2.37. The fraction of sp³-hybridized carbons (Fsp3) is 0.957. The Labute approximate surface area is 173 Å². The number of aliphatic carboxylic acids is 1. The van der Waals surface area contributed by atoms with E-state index in [4.69, 9.17) is 9.57 Å². The first-order chi connectivity index (χ1) is 13.5. The maximum absolute atomic E-state index is 11.5. The van der Waals surface area contributed by atoms with Crippen LogP contribution >= 0.6 is 0 Å². The largest absolute Gasteiger partial charge is 0.479 e. The molecule has 0 aliphatic carbocycles. The summed E-state index contributed by atoms with van der Waals surface area (Å²) >= 11 is 0. The Morgan fingerprint density at radius 2 is 1.39 bits per heavy atom. The number of ether oxygens (including phenoxy) is 1. The first-order valence-corrected chi connectivity index (χ1v) is 11.7. The van der Waals surface area contributed by atoms with E-state index in [9.17, 15) is 9.90 Å². The number of carbonyl (C=O) groups is 1. The Kier molecular flexibility index (Phi) is 13.8. The molecule has 1 saturated heterocycles. The number of carboxylic acid groups (broad SMARTS) is 1. The maximum Gasteiger partial charge on any atom is 0.334 e. The van der Waals surface area contributed by atoms with E-state index in [0.29, 0.717) is 19.8 Å². The molecule has 1 atom stereocenters. The predicted molar refractivity (Wildman–Crippen MR) is 114 cm³/mol. The Morgan fingerprint density at radius 3 is 1.79 bits per heavy atom. The van der Waals surface area contributed by atoms with E-state index in [0.717, 1.165) is 12.8 Å². The van der Waals surface area contributed by atoms with Crippen LogP contribution in [0.4, 0.5) is 0 Å². The minimum atomic E-state index is -0.877. The first kappa shape index (κ1) is 25.4. The van der Waals surface area contributed by atoms with Crippen LogP contribution in [0, 0.1) is 0 Å². The molecule has 166 valence electrons. The zero-order chi connectivity index (χ0) is 20.7. The standard InChI is InChI=1S/C23H45NO4/c1-4-5-6-7-8-9-10-11-12-13-14-15-16-17-18-21(22(25)26)28-24-20-27-19-23(24,2)3/h21H,4-20H2,1-3H3,(H,25,26). The summed E-state index contributed by atoms with van der Waals surface area (Å²) in [7, 11) is 0. The molecule has 0 saturated carbocycles. The summed E-state index contributed by atoms with van der Waals surface area (Å²) in [4.78, 5) is 17.2. The van der Waals surface area contributed by atoms with Crippen LogP contribution in [0.5, 0.6) is 0 Å². The van der Waals surface area contributed by atoms with Crippen molar-refractivity contribution in [3.8, 4) is 0 Å². The Morgan fingerprint density at radius 1 is 0.929 bits per heavy atom. The van der Waals surface area contributed by atoms with Crippen molar-refractivity contribution < 1.29 is 19.5 Å². The average molecular weight is 400 g/mol. The average Bonchev–Trinajstić information content (AvgIpc) is 2.98. The van der Waals surface area contributed by atoms with Gasteiger partial charge < -0.3 is 9.84 Å². The predicted octanol–water partition coefficient (Wildman–Crippen LogP) is 6.31. The molecule has 28 heavy (non-hydrogen) atoms. The minimum Gasteiger partial charge on any atom is -0.479 e. The molecule has 5 heteroatoms. The summed E-state index contributed by atoms with van der Waals surface area (Å²) in [5, 5.41) is 11.1. The fourth-order valence-electron chi connectivity index (χ4n) is 3.70.